The van der Waals surface area contributed by atoms with Crippen molar-refractivity contribution in [2.45, 2.75) is 49.6 Å². The predicted octanol–water partition coefficient (Wildman–Crippen LogP) is 4.22. The molecule has 0 bridgehead atoms. The Morgan fingerprint density at radius 3 is 2.21 bits per heavy atom. The molecule has 3 aliphatic rings. The molecule has 2 saturated heterocycles. The van der Waals surface area contributed by atoms with E-state index in [1.54, 1.807) is 47.7 Å². The Morgan fingerprint density at radius 1 is 0.929 bits per heavy atom. The maximum Gasteiger partial charge on any atom is 0.416 e. The average Bonchev–Trinajstić information content (AvgIpc) is 3.38. The maximum atomic E-state index is 13.1. The highest BCUT2D eigenvalue weighted by atomic mass is 32.2. The Kier molecular flexibility index (Phi) is 4.94. The van der Waals surface area contributed by atoms with Crippen LogP contribution in [0.1, 0.15) is 28.3 Å². The Bertz CT molecular complexity index is 867. The minimum atomic E-state index is -4.31. The molecule has 3 fully saturated rings. The summed E-state index contributed by atoms with van der Waals surface area (Å²) in [5, 5.41) is 0. The van der Waals surface area contributed by atoms with Crippen molar-refractivity contribution in [2.75, 3.05) is 0 Å². The van der Waals surface area contributed by atoms with Crippen LogP contribution in [0.25, 0.3) is 10.4 Å². The molecular weight excluding hydrogens is 425 g/mol. The fourth-order valence-electron chi connectivity index (χ4n) is 4.38. The highest BCUT2D eigenvalue weighted by Crippen LogP contribution is 2.44. The number of nitrogens with one attached hydrogen (secondary N) is 4. The van der Waals surface area contributed by atoms with Gasteiger partial charge in [0.2, 0.25) is 0 Å². The molecule has 28 heavy (non-hydrogen) atoms. The highest BCUT2D eigenvalue weighted by molar-refractivity contribution is 7.96. The fraction of sp³-hybridized carbons (Fsp3) is 0.444. The molecule has 5 rings (SSSR count). The van der Waals surface area contributed by atoms with Gasteiger partial charge in [0.1, 0.15) is 0 Å². The van der Waals surface area contributed by atoms with Crippen molar-refractivity contribution >= 4 is 35.6 Å². The van der Waals surface area contributed by atoms with Crippen molar-refractivity contribution in [1.29, 1.82) is 0 Å². The van der Waals surface area contributed by atoms with Gasteiger partial charge in [-0.15, -0.1) is 11.3 Å². The third-order valence-corrected chi connectivity index (χ3v) is 8.59. The molecule has 0 radical (unpaired) electrons. The number of fused-ring (bicyclic) bond motifs is 2. The summed E-state index contributed by atoms with van der Waals surface area (Å²) >= 11 is 4.80. The number of benzene rings is 1. The first kappa shape index (κ1) is 19.2. The molecule has 150 valence electrons. The molecule has 4 unspecified atom stereocenters. The average molecular weight is 445 g/mol. The first-order chi connectivity index (χ1) is 13.4. The molecule has 2 aliphatic heterocycles. The molecular formula is C18H19F3N4S3. The Balaban J connectivity index is 1.46. The second kappa shape index (κ2) is 7.19. The Labute approximate surface area is 174 Å². The predicted molar refractivity (Wildman–Crippen MR) is 110 cm³/mol. The zero-order valence-corrected chi connectivity index (χ0v) is 17.3. The van der Waals surface area contributed by atoms with Gasteiger partial charge in [0.05, 0.1) is 5.56 Å². The third-order valence-electron chi connectivity index (χ3n) is 5.73. The van der Waals surface area contributed by atoms with E-state index in [4.69, 9.17) is 0 Å². The summed E-state index contributed by atoms with van der Waals surface area (Å²) in [5.74, 6) is 0.294. The molecule has 4 atom stereocenters. The van der Waals surface area contributed by atoms with Crippen LogP contribution < -0.4 is 18.9 Å². The normalized spacial score (nSPS) is 32.4. The van der Waals surface area contributed by atoms with Crippen molar-refractivity contribution < 1.29 is 13.2 Å². The lowest BCUT2D eigenvalue weighted by molar-refractivity contribution is -0.138. The maximum absolute atomic E-state index is 13.1. The zero-order chi connectivity index (χ0) is 19.5. The lowest BCUT2D eigenvalue weighted by atomic mass is 9.75. The van der Waals surface area contributed by atoms with Gasteiger partial charge in [0, 0.05) is 64.1 Å². The van der Waals surface area contributed by atoms with E-state index in [0.717, 1.165) is 16.9 Å². The van der Waals surface area contributed by atoms with Crippen molar-refractivity contribution in [3.8, 4) is 10.4 Å². The number of alkyl halides is 3. The largest absolute Gasteiger partial charge is 0.416 e. The minimum Gasteiger partial charge on any atom is -0.246 e. The molecule has 3 heterocycles. The smallest absolute Gasteiger partial charge is 0.246 e. The van der Waals surface area contributed by atoms with E-state index in [2.05, 4.69) is 25.0 Å². The van der Waals surface area contributed by atoms with Gasteiger partial charge in [-0.1, -0.05) is 12.1 Å². The van der Waals surface area contributed by atoms with Crippen molar-refractivity contribution in [3.63, 3.8) is 0 Å². The molecule has 10 heteroatoms. The van der Waals surface area contributed by atoms with Gasteiger partial charge in [-0.05, 0) is 42.7 Å². The molecule has 4 N–H and O–H groups in total. The lowest BCUT2D eigenvalue weighted by Gasteiger charge is -2.39. The summed E-state index contributed by atoms with van der Waals surface area (Å²) in [7, 11) is 0. The molecule has 1 aromatic carbocycles. The van der Waals surface area contributed by atoms with Gasteiger partial charge in [-0.25, -0.2) is 18.9 Å². The summed E-state index contributed by atoms with van der Waals surface area (Å²) in [6.45, 7) is 1.52. The number of rotatable bonds is 2. The molecule has 4 nitrogen and oxygen atoms in total. The van der Waals surface area contributed by atoms with Gasteiger partial charge in [0.15, 0.2) is 0 Å². The highest BCUT2D eigenvalue weighted by Gasteiger charge is 2.50. The van der Waals surface area contributed by atoms with Gasteiger partial charge in [0.25, 0.3) is 0 Å². The number of hydrogen-bond acceptors (Lipinski definition) is 7. The summed E-state index contributed by atoms with van der Waals surface area (Å²) in [6, 6.07) is 9.99. The van der Waals surface area contributed by atoms with E-state index in [9.17, 15) is 13.2 Å². The second-order valence-electron chi connectivity index (χ2n) is 7.43. The molecule has 0 amide bonds. The van der Waals surface area contributed by atoms with Crippen LogP contribution in [-0.4, -0.2) is 24.2 Å². The Morgan fingerprint density at radius 2 is 1.61 bits per heavy atom. The monoisotopic (exact) mass is 444 g/mol. The first-order valence-corrected chi connectivity index (χ1v) is 11.5. The number of hydrogen-bond donors (Lipinski definition) is 4. The van der Waals surface area contributed by atoms with E-state index < -0.39 is 11.7 Å². The van der Waals surface area contributed by atoms with E-state index >= 15 is 0 Å². The molecule has 1 aromatic heterocycles. The van der Waals surface area contributed by atoms with Gasteiger partial charge in [-0.2, -0.15) is 13.2 Å². The van der Waals surface area contributed by atoms with Gasteiger partial charge < -0.3 is 0 Å². The number of thiophene rings is 1. The quantitative estimate of drug-likeness (QED) is 0.521. The standard InChI is InChI=1S/C18H19F3N4S3/c1-8-6-9(2-3-10(8)18(19,20)21)13-4-5-14(26-13)15-16-11(22-27-24-16)7-12-17(15)25-28-23-12/h2-6,11-12,15-17,22-25H,7H2,1H3. The van der Waals surface area contributed by atoms with Crippen LogP contribution in [0.4, 0.5) is 13.2 Å². The zero-order valence-electron chi connectivity index (χ0n) is 14.8. The van der Waals surface area contributed by atoms with Crippen LogP contribution in [-0.2, 0) is 6.18 Å². The van der Waals surface area contributed by atoms with Crippen LogP contribution in [0.5, 0.6) is 0 Å². The van der Waals surface area contributed by atoms with Crippen molar-refractivity contribution in [3.05, 3.63) is 46.3 Å². The summed E-state index contributed by atoms with van der Waals surface area (Å²) in [5.41, 5.74) is 0.529. The van der Waals surface area contributed by atoms with Crippen molar-refractivity contribution in [2.24, 2.45) is 0 Å². The SMILES string of the molecule is Cc1cc(-c2ccc(C3C4NSNC4CC4NSNC43)s2)ccc1C(F)(F)F. The van der Waals surface area contributed by atoms with Crippen LogP contribution in [0.2, 0.25) is 0 Å². The van der Waals surface area contributed by atoms with Crippen LogP contribution in [0.15, 0.2) is 30.3 Å². The Hall–Kier alpha value is -0.750. The molecule has 1 saturated carbocycles. The first-order valence-electron chi connectivity index (χ1n) is 9.03. The lowest BCUT2D eigenvalue weighted by Crippen LogP contribution is -2.56. The third kappa shape index (κ3) is 3.28. The summed E-state index contributed by atoms with van der Waals surface area (Å²) < 4.78 is 53.1. The van der Waals surface area contributed by atoms with Crippen molar-refractivity contribution in [1.82, 2.24) is 18.9 Å². The van der Waals surface area contributed by atoms with Gasteiger partial charge >= 0.3 is 6.18 Å². The van der Waals surface area contributed by atoms with E-state index in [0.29, 0.717) is 30.1 Å². The van der Waals surface area contributed by atoms with E-state index in [1.165, 1.54) is 17.9 Å². The fourth-order valence-corrected chi connectivity index (χ4v) is 7.39. The molecule has 0 spiro atoms. The van der Waals surface area contributed by atoms with Crippen LogP contribution >= 0.6 is 35.6 Å². The number of aryl methyl sites for hydroxylation is 1. The molecule has 2 aromatic rings. The number of halogens is 3. The van der Waals surface area contributed by atoms with E-state index in [1.807, 2.05) is 6.07 Å². The second-order valence-corrected chi connectivity index (χ2v) is 9.90. The molecule has 1 aliphatic carbocycles. The summed E-state index contributed by atoms with van der Waals surface area (Å²) in [4.78, 5) is 2.26. The van der Waals surface area contributed by atoms with Crippen LogP contribution in [0.3, 0.4) is 0 Å². The minimum absolute atomic E-state index is 0.258. The van der Waals surface area contributed by atoms with Crippen LogP contribution in [0, 0.1) is 6.92 Å². The van der Waals surface area contributed by atoms with E-state index in [-0.39, 0.29) is 5.56 Å². The summed E-state index contributed by atoms with van der Waals surface area (Å²) in [6.07, 6.45) is -3.25. The topological polar surface area (TPSA) is 48.1 Å². The van der Waals surface area contributed by atoms with Gasteiger partial charge in [-0.3, -0.25) is 0 Å².